The summed E-state index contributed by atoms with van der Waals surface area (Å²) in [5, 5.41) is 5.61. The molecule has 0 aliphatic carbocycles. The number of aromatic nitrogens is 1. The van der Waals surface area contributed by atoms with Gasteiger partial charge in [-0.25, -0.2) is 9.59 Å². The van der Waals surface area contributed by atoms with E-state index >= 15 is 0 Å². The largest absolute Gasteiger partial charge is 0.419 e. The van der Waals surface area contributed by atoms with Crippen LogP contribution in [0, 0.1) is 0 Å². The lowest BCUT2D eigenvalue weighted by Crippen LogP contribution is -2.34. The van der Waals surface area contributed by atoms with Gasteiger partial charge in [-0.3, -0.25) is 4.57 Å². The van der Waals surface area contributed by atoms with Gasteiger partial charge in [0.15, 0.2) is 5.58 Å². The van der Waals surface area contributed by atoms with Crippen LogP contribution in [0.5, 0.6) is 0 Å². The zero-order valence-electron chi connectivity index (χ0n) is 15.0. The van der Waals surface area contributed by atoms with Crippen LogP contribution in [0.4, 0.5) is 10.5 Å². The van der Waals surface area contributed by atoms with E-state index < -0.39 is 5.76 Å². The number of anilines is 1. The number of nitrogens with zero attached hydrogens (tertiary/aromatic N) is 1. The van der Waals surface area contributed by atoms with Crippen molar-refractivity contribution in [1.82, 2.24) is 9.88 Å². The van der Waals surface area contributed by atoms with E-state index in [1.54, 1.807) is 18.2 Å². The first-order valence-corrected chi connectivity index (χ1v) is 9.03. The van der Waals surface area contributed by atoms with E-state index in [1.165, 1.54) is 10.1 Å². The van der Waals surface area contributed by atoms with Crippen molar-refractivity contribution >= 4 is 22.8 Å². The minimum atomic E-state index is -0.401. The molecule has 4 rings (SSSR count). The summed E-state index contributed by atoms with van der Waals surface area (Å²) in [6, 6.07) is 12.9. The molecule has 1 aromatic heterocycles. The Morgan fingerprint density at radius 2 is 2.11 bits per heavy atom. The number of fused-ring (bicyclic) bond motifs is 2. The van der Waals surface area contributed by atoms with Crippen LogP contribution in [0.2, 0.25) is 0 Å². The number of amides is 2. The van der Waals surface area contributed by atoms with Crippen LogP contribution in [0.25, 0.3) is 11.1 Å². The molecule has 0 fully saturated rings. The minimum absolute atomic E-state index is 0.153. The van der Waals surface area contributed by atoms with Crippen LogP contribution in [0.1, 0.15) is 24.2 Å². The molecule has 7 nitrogen and oxygen atoms in total. The molecule has 2 heterocycles. The Labute approximate surface area is 155 Å². The number of urea groups is 1. The Morgan fingerprint density at radius 1 is 1.26 bits per heavy atom. The molecule has 3 aromatic rings. The average molecular weight is 367 g/mol. The van der Waals surface area contributed by atoms with Crippen LogP contribution >= 0.6 is 0 Å². The Morgan fingerprint density at radius 3 is 2.96 bits per heavy atom. The van der Waals surface area contributed by atoms with Gasteiger partial charge in [-0.15, -0.1) is 0 Å². The first-order chi connectivity index (χ1) is 13.2. The highest BCUT2D eigenvalue weighted by Gasteiger charge is 2.21. The summed E-state index contributed by atoms with van der Waals surface area (Å²) in [6.45, 7) is 3.44. The van der Waals surface area contributed by atoms with E-state index in [4.69, 9.17) is 9.15 Å². The normalized spacial score (nSPS) is 16.1. The lowest BCUT2D eigenvalue weighted by atomic mass is 9.98. The Kier molecular flexibility index (Phi) is 4.68. The molecule has 2 amide bonds. The fourth-order valence-electron chi connectivity index (χ4n) is 3.45. The molecule has 0 bridgehead atoms. The van der Waals surface area contributed by atoms with Crippen LogP contribution in [-0.2, 0) is 17.7 Å². The van der Waals surface area contributed by atoms with Gasteiger partial charge in [-0.05, 0) is 36.6 Å². The van der Waals surface area contributed by atoms with Gasteiger partial charge in [-0.2, -0.15) is 0 Å². The van der Waals surface area contributed by atoms with Gasteiger partial charge in [-0.1, -0.05) is 24.3 Å². The summed E-state index contributed by atoms with van der Waals surface area (Å²) in [5.41, 5.74) is 4.09. The van der Waals surface area contributed by atoms with Gasteiger partial charge in [0.2, 0.25) is 0 Å². The van der Waals surface area contributed by atoms with Gasteiger partial charge in [0, 0.05) is 24.8 Å². The highest BCUT2D eigenvalue weighted by Crippen LogP contribution is 2.26. The molecule has 0 saturated carbocycles. The average Bonchev–Trinajstić information content (AvgIpc) is 3.00. The quantitative estimate of drug-likeness (QED) is 0.742. The monoisotopic (exact) mass is 367 g/mol. The van der Waals surface area contributed by atoms with E-state index in [9.17, 15) is 9.59 Å². The van der Waals surface area contributed by atoms with E-state index in [1.807, 2.05) is 25.1 Å². The molecule has 0 spiro atoms. The maximum Gasteiger partial charge on any atom is 0.419 e. The first-order valence-electron chi connectivity index (χ1n) is 9.03. The Balaban J connectivity index is 1.42. The van der Waals surface area contributed by atoms with Gasteiger partial charge < -0.3 is 19.8 Å². The molecule has 7 heteroatoms. The number of rotatable bonds is 4. The second-order valence-corrected chi connectivity index (χ2v) is 6.44. The first kappa shape index (κ1) is 17.4. The summed E-state index contributed by atoms with van der Waals surface area (Å²) in [6.07, 6.45) is 0.737. The third-order valence-corrected chi connectivity index (χ3v) is 4.78. The molecule has 1 aliphatic rings. The zero-order valence-corrected chi connectivity index (χ0v) is 15.0. The zero-order chi connectivity index (χ0) is 18.8. The van der Waals surface area contributed by atoms with E-state index in [0.717, 1.165) is 12.0 Å². The van der Waals surface area contributed by atoms with Crippen LogP contribution < -0.4 is 16.4 Å². The van der Waals surface area contributed by atoms with Crippen molar-refractivity contribution < 1.29 is 13.9 Å². The lowest BCUT2D eigenvalue weighted by Gasteiger charge is -2.26. The fourth-order valence-corrected chi connectivity index (χ4v) is 3.45. The highest BCUT2D eigenvalue weighted by molar-refractivity contribution is 5.91. The van der Waals surface area contributed by atoms with Crippen molar-refractivity contribution in [3.63, 3.8) is 0 Å². The molecule has 2 N–H and O–H groups in total. The number of ether oxygens (including phenoxy) is 1. The SMILES string of the molecule is CCn1c(=O)oc2cc(NC(=O)NC[C@@H]3OCCc4ccccc43)ccc21. The smallest absolute Gasteiger partial charge is 0.408 e. The minimum Gasteiger partial charge on any atom is -0.408 e. The summed E-state index contributed by atoms with van der Waals surface area (Å²) >= 11 is 0. The maximum absolute atomic E-state index is 12.3. The molecule has 0 saturated heterocycles. The number of oxazole rings is 1. The molecular formula is C20H21N3O4. The van der Waals surface area contributed by atoms with Gasteiger partial charge in [0.05, 0.1) is 12.1 Å². The molecule has 1 aliphatic heterocycles. The third kappa shape index (κ3) is 3.46. The number of carbonyl (C=O) groups excluding carboxylic acids is 1. The lowest BCUT2D eigenvalue weighted by molar-refractivity contribution is 0.0444. The molecular weight excluding hydrogens is 346 g/mol. The Bertz CT molecular complexity index is 1040. The van der Waals surface area contributed by atoms with Crippen LogP contribution in [0.15, 0.2) is 51.7 Å². The summed E-state index contributed by atoms with van der Waals surface area (Å²) in [4.78, 5) is 24.0. The van der Waals surface area contributed by atoms with Crippen LogP contribution in [0.3, 0.4) is 0 Å². The van der Waals surface area contributed by atoms with E-state index in [2.05, 4.69) is 16.7 Å². The topological polar surface area (TPSA) is 85.5 Å². The Hall–Kier alpha value is -3.06. The highest BCUT2D eigenvalue weighted by atomic mass is 16.5. The number of aryl methyl sites for hydroxylation is 1. The number of hydrogen-bond acceptors (Lipinski definition) is 4. The predicted octanol–water partition coefficient (Wildman–Crippen LogP) is 3.05. The predicted molar refractivity (Wildman–Crippen MR) is 102 cm³/mol. The van der Waals surface area contributed by atoms with Crippen molar-refractivity contribution in [2.45, 2.75) is 26.0 Å². The van der Waals surface area contributed by atoms with Gasteiger partial charge in [0.1, 0.15) is 6.10 Å². The second-order valence-electron chi connectivity index (χ2n) is 6.44. The number of nitrogens with one attached hydrogen (secondary N) is 2. The van der Waals surface area contributed by atoms with E-state index in [0.29, 0.717) is 36.5 Å². The molecule has 140 valence electrons. The van der Waals surface area contributed by atoms with Crippen molar-refractivity contribution in [2.75, 3.05) is 18.5 Å². The third-order valence-electron chi connectivity index (χ3n) is 4.78. The fraction of sp³-hybridized carbons (Fsp3) is 0.300. The van der Waals surface area contributed by atoms with Crippen molar-refractivity contribution in [3.05, 3.63) is 64.1 Å². The number of hydrogen-bond donors (Lipinski definition) is 2. The standard InChI is InChI=1S/C20H21N3O4/c1-2-23-16-8-7-14(11-17(16)27-20(23)25)22-19(24)21-12-18-15-6-4-3-5-13(15)9-10-26-18/h3-8,11,18H,2,9-10,12H2,1H3,(H2,21,22,24)/t18-/m0/s1. The maximum atomic E-state index is 12.3. The molecule has 0 radical (unpaired) electrons. The summed E-state index contributed by atoms with van der Waals surface area (Å²) < 4.78 is 12.6. The molecule has 2 aromatic carbocycles. The molecule has 1 atom stereocenters. The van der Waals surface area contributed by atoms with Crippen molar-refractivity contribution in [3.8, 4) is 0 Å². The van der Waals surface area contributed by atoms with Crippen LogP contribution in [-0.4, -0.2) is 23.7 Å². The van der Waals surface area contributed by atoms with Gasteiger partial charge >= 0.3 is 11.8 Å². The van der Waals surface area contributed by atoms with Crippen molar-refractivity contribution in [2.24, 2.45) is 0 Å². The van der Waals surface area contributed by atoms with Crippen molar-refractivity contribution in [1.29, 1.82) is 0 Å². The molecule has 27 heavy (non-hydrogen) atoms. The molecule has 0 unspecified atom stereocenters. The second kappa shape index (κ2) is 7.28. The van der Waals surface area contributed by atoms with E-state index in [-0.39, 0.29) is 12.1 Å². The summed E-state index contributed by atoms with van der Waals surface area (Å²) in [7, 11) is 0. The summed E-state index contributed by atoms with van der Waals surface area (Å²) in [5.74, 6) is -0.401. The number of benzene rings is 2. The number of carbonyl (C=O) groups is 1. The van der Waals surface area contributed by atoms with Gasteiger partial charge in [0.25, 0.3) is 0 Å².